The van der Waals surface area contributed by atoms with Crippen LogP contribution in [0.25, 0.3) is 0 Å². The van der Waals surface area contributed by atoms with Crippen LogP contribution >= 0.6 is 11.5 Å². The van der Waals surface area contributed by atoms with Crippen LogP contribution in [0.2, 0.25) is 0 Å². The van der Waals surface area contributed by atoms with Crippen molar-refractivity contribution in [3.63, 3.8) is 0 Å². The Labute approximate surface area is 112 Å². The van der Waals surface area contributed by atoms with Crippen molar-refractivity contribution in [2.75, 3.05) is 6.54 Å². The van der Waals surface area contributed by atoms with E-state index in [2.05, 4.69) is 9.59 Å². The van der Waals surface area contributed by atoms with Crippen molar-refractivity contribution in [3.8, 4) is 0 Å². The summed E-state index contributed by atoms with van der Waals surface area (Å²) < 4.78 is 3.89. The smallest absolute Gasteiger partial charge is 0.267 e. The molecule has 6 heteroatoms. The number of nitrogens with two attached hydrogens (primary N) is 1. The second-order valence-corrected chi connectivity index (χ2v) is 5.58. The number of hydrogen-bond donors (Lipinski definition) is 1. The minimum absolute atomic E-state index is 0.0141. The lowest BCUT2D eigenvalue weighted by atomic mass is 9.96. The number of carbonyl (C=O) groups is 1. The number of carbonyl (C=O) groups excluding carboxylic acids is 1. The normalized spacial score (nSPS) is 21.9. The first-order chi connectivity index (χ1) is 8.65. The fourth-order valence-corrected chi connectivity index (χ4v) is 3.20. The van der Waals surface area contributed by atoms with E-state index in [0.29, 0.717) is 4.88 Å². The van der Waals surface area contributed by atoms with Crippen molar-refractivity contribution in [2.45, 2.75) is 51.6 Å². The van der Waals surface area contributed by atoms with Crippen LogP contribution in [0.4, 0.5) is 0 Å². The van der Waals surface area contributed by atoms with Crippen LogP contribution in [0.5, 0.6) is 0 Å². The summed E-state index contributed by atoms with van der Waals surface area (Å²) in [4.78, 5) is 15.2. The standard InChI is InChI=1S/C12H20N4OS/c1-3-9-11(18-15-14-9)12(17)16-7-5-4-6-10(16)8(2)13/h8,10H,3-7,13H2,1-2H3/t8-,10+/m0/s1. The first kappa shape index (κ1) is 13.4. The highest BCUT2D eigenvalue weighted by Gasteiger charge is 2.31. The van der Waals surface area contributed by atoms with Gasteiger partial charge in [-0.25, -0.2) is 0 Å². The molecule has 2 N–H and O–H groups in total. The quantitative estimate of drug-likeness (QED) is 0.900. The fraction of sp³-hybridized carbons (Fsp3) is 0.750. The summed E-state index contributed by atoms with van der Waals surface area (Å²) >= 11 is 1.20. The largest absolute Gasteiger partial charge is 0.333 e. The molecule has 1 fully saturated rings. The highest BCUT2D eigenvalue weighted by Crippen LogP contribution is 2.23. The van der Waals surface area contributed by atoms with E-state index in [-0.39, 0.29) is 18.0 Å². The molecular formula is C12H20N4OS. The molecule has 5 nitrogen and oxygen atoms in total. The predicted octanol–water partition coefficient (Wildman–Crippen LogP) is 1.44. The summed E-state index contributed by atoms with van der Waals surface area (Å²) in [6, 6.07) is 0.165. The number of nitrogens with zero attached hydrogens (tertiary/aromatic N) is 3. The number of aryl methyl sites for hydroxylation is 1. The molecular weight excluding hydrogens is 248 g/mol. The number of aromatic nitrogens is 2. The summed E-state index contributed by atoms with van der Waals surface area (Å²) in [5, 5.41) is 4.01. The average molecular weight is 268 g/mol. The maximum atomic E-state index is 12.6. The SMILES string of the molecule is CCc1nnsc1C(=O)N1CCCC[C@@H]1[C@H](C)N. The molecule has 18 heavy (non-hydrogen) atoms. The maximum Gasteiger partial charge on any atom is 0.267 e. The number of hydrogen-bond acceptors (Lipinski definition) is 5. The Kier molecular flexibility index (Phi) is 4.29. The van der Waals surface area contributed by atoms with Gasteiger partial charge in [-0.2, -0.15) is 0 Å². The van der Waals surface area contributed by atoms with Gasteiger partial charge in [0.25, 0.3) is 5.91 Å². The van der Waals surface area contributed by atoms with E-state index >= 15 is 0 Å². The number of rotatable bonds is 3. The molecule has 1 saturated heterocycles. The van der Waals surface area contributed by atoms with Gasteiger partial charge in [0.1, 0.15) is 4.88 Å². The van der Waals surface area contributed by atoms with Gasteiger partial charge in [0.05, 0.1) is 5.69 Å². The van der Waals surface area contributed by atoms with E-state index in [4.69, 9.17) is 5.73 Å². The van der Waals surface area contributed by atoms with Crippen molar-refractivity contribution in [1.29, 1.82) is 0 Å². The van der Waals surface area contributed by atoms with Crippen LogP contribution in [-0.2, 0) is 6.42 Å². The molecule has 0 spiro atoms. The molecule has 0 radical (unpaired) electrons. The Bertz CT molecular complexity index is 418. The van der Waals surface area contributed by atoms with Crippen LogP contribution in [0.15, 0.2) is 0 Å². The molecule has 1 aliphatic rings. The number of piperidine rings is 1. The maximum absolute atomic E-state index is 12.6. The van der Waals surface area contributed by atoms with Crippen LogP contribution in [0.1, 0.15) is 48.5 Å². The topological polar surface area (TPSA) is 72.1 Å². The first-order valence-corrected chi connectivity index (χ1v) is 7.30. The molecule has 2 rings (SSSR count). The molecule has 1 aliphatic heterocycles. The molecule has 0 bridgehead atoms. The lowest BCUT2D eigenvalue weighted by Crippen LogP contribution is -2.51. The molecule has 0 aliphatic carbocycles. The van der Waals surface area contributed by atoms with Crippen molar-refractivity contribution in [2.24, 2.45) is 5.73 Å². The zero-order valence-electron chi connectivity index (χ0n) is 10.9. The Morgan fingerprint density at radius 3 is 3.06 bits per heavy atom. The average Bonchev–Trinajstić information content (AvgIpc) is 2.86. The first-order valence-electron chi connectivity index (χ1n) is 6.53. The van der Waals surface area contributed by atoms with Gasteiger partial charge in [-0.05, 0) is 44.1 Å². The van der Waals surface area contributed by atoms with Gasteiger partial charge >= 0.3 is 0 Å². The summed E-state index contributed by atoms with van der Waals surface area (Å²) in [5.74, 6) is 0.0591. The summed E-state index contributed by atoms with van der Waals surface area (Å²) in [5.41, 5.74) is 6.80. The van der Waals surface area contributed by atoms with Crippen molar-refractivity contribution in [3.05, 3.63) is 10.6 Å². The lowest BCUT2D eigenvalue weighted by molar-refractivity contribution is 0.0587. The van der Waals surface area contributed by atoms with Crippen LogP contribution in [0, 0.1) is 0 Å². The van der Waals surface area contributed by atoms with E-state index < -0.39 is 0 Å². The van der Waals surface area contributed by atoms with E-state index in [1.807, 2.05) is 18.7 Å². The minimum Gasteiger partial charge on any atom is -0.333 e. The molecule has 0 saturated carbocycles. The highest BCUT2D eigenvalue weighted by molar-refractivity contribution is 7.08. The number of amides is 1. The molecule has 2 atom stereocenters. The minimum atomic E-state index is 0.0141. The predicted molar refractivity (Wildman–Crippen MR) is 71.6 cm³/mol. The molecule has 1 amide bonds. The summed E-state index contributed by atoms with van der Waals surface area (Å²) in [7, 11) is 0. The van der Waals surface area contributed by atoms with Gasteiger partial charge in [-0.3, -0.25) is 4.79 Å². The van der Waals surface area contributed by atoms with Crippen LogP contribution in [0.3, 0.4) is 0 Å². The molecule has 2 heterocycles. The van der Waals surface area contributed by atoms with Crippen LogP contribution < -0.4 is 5.73 Å². The Morgan fingerprint density at radius 1 is 1.61 bits per heavy atom. The zero-order valence-corrected chi connectivity index (χ0v) is 11.7. The Hall–Kier alpha value is -1.01. The van der Waals surface area contributed by atoms with Crippen molar-refractivity contribution in [1.82, 2.24) is 14.5 Å². The van der Waals surface area contributed by atoms with E-state index in [1.54, 1.807) is 0 Å². The van der Waals surface area contributed by atoms with E-state index in [0.717, 1.165) is 37.9 Å². The molecule has 1 aromatic heterocycles. The summed E-state index contributed by atoms with van der Waals surface area (Å²) in [6.07, 6.45) is 3.95. The van der Waals surface area contributed by atoms with Gasteiger partial charge in [-0.1, -0.05) is 11.4 Å². The number of likely N-dealkylation sites (tertiary alicyclic amines) is 1. The van der Waals surface area contributed by atoms with Crippen molar-refractivity contribution < 1.29 is 4.79 Å². The third-order valence-corrected chi connectivity index (χ3v) is 4.26. The second-order valence-electron chi connectivity index (χ2n) is 4.82. The van der Waals surface area contributed by atoms with Crippen LogP contribution in [-0.4, -0.2) is 39.0 Å². The third-order valence-electron chi connectivity index (χ3n) is 3.50. The van der Waals surface area contributed by atoms with Gasteiger partial charge < -0.3 is 10.6 Å². The van der Waals surface area contributed by atoms with Gasteiger partial charge in [0.15, 0.2) is 0 Å². The molecule has 100 valence electrons. The monoisotopic (exact) mass is 268 g/mol. The van der Waals surface area contributed by atoms with E-state index in [1.165, 1.54) is 11.5 Å². The molecule has 0 unspecified atom stereocenters. The van der Waals surface area contributed by atoms with Gasteiger partial charge in [0.2, 0.25) is 0 Å². The van der Waals surface area contributed by atoms with Gasteiger partial charge in [0, 0.05) is 18.6 Å². The Morgan fingerprint density at radius 2 is 2.39 bits per heavy atom. The molecule has 1 aromatic rings. The third kappa shape index (κ3) is 2.54. The van der Waals surface area contributed by atoms with Crippen molar-refractivity contribution >= 4 is 17.4 Å². The summed E-state index contributed by atoms with van der Waals surface area (Å²) in [6.45, 7) is 4.76. The second kappa shape index (κ2) is 5.75. The highest BCUT2D eigenvalue weighted by atomic mass is 32.1. The fourth-order valence-electron chi connectivity index (χ4n) is 2.49. The molecule has 0 aromatic carbocycles. The Balaban J connectivity index is 2.21. The lowest BCUT2D eigenvalue weighted by Gasteiger charge is -2.37. The van der Waals surface area contributed by atoms with E-state index in [9.17, 15) is 4.79 Å². The zero-order chi connectivity index (χ0) is 13.1. The van der Waals surface area contributed by atoms with Gasteiger partial charge in [-0.15, -0.1) is 5.10 Å².